The van der Waals surface area contributed by atoms with Gasteiger partial charge in [-0.05, 0) is 32.0 Å². The van der Waals surface area contributed by atoms with E-state index in [1.165, 1.54) is 12.1 Å². The van der Waals surface area contributed by atoms with Crippen LogP contribution in [0.4, 0.5) is 14.9 Å². The molecule has 0 saturated heterocycles. The van der Waals surface area contributed by atoms with Gasteiger partial charge in [-0.3, -0.25) is 0 Å². The topological polar surface area (TPSA) is 64.9 Å². The number of halogens is 1. The highest BCUT2D eigenvalue weighted by Gasteiger charge is 2.07. The van der Waals surface area contributed by atoms with E-state index in [0.717, 1.165) is 6.07 Å². The maximum absolute atomic E-state index is 13.3. The third-order valence-electron chi connectivity index (χ3n) is 1.77. The molecule has 1 aromatic rings. The minimum atomic E-state index is -0.627. The first kappa shape index (κ1) is 12.0. The molecule has 2 amide bonds. The molecule has 0 spiro atoms. The highest BCUT2D eigenvalue weighted by Crippen LogP contribution is 2.14. The Morgan fingerprint density at radius 1 is 1.50 bits per heavy atom. The van der Waals surface area contributed by atoms with Crippen molar-refractivity contribution in [2.24, 2.45) is 0 Å². The summed E-state index contributed by atoms with van der Waals surface area (Å²) in [5.41, 5.74) is 0.268. The number of carbonyl (C=O) groups excluding carboxylic acids is 1. The number of carbonyl (C=O) groups is 1. The van der Waals surface area contributed by atoms with Crippen molar-refractivity contribution in [1.29, 1.82) is 5.26 Å². The molecule has 0 radical (unpaired) electrons. The van der Waals surface area contributed by atoms with E-state index in [4.69, 9.17) is 5.26 Å². The lowest BCUT2D eigenvalue weighted by Crippen LogP contribution is -2.34. The summed E-state index contributed by atoms with van der Waals surface area (Å²) in [5, 5.41) is 13.5. The Hall–Kier alpha value is -2.09. The first-order chi connectivity index (χ1) is 7.52. The third kappa shape index (κ3) is 3.24. The number of hydrogen-bond donors (Lipinski definition) is 2. The van der Waals surface area contributed by atoms with Crippen LogP contribution in [0.25, 0.3) is 0 Å². The monoisotopic (exact) mass is 221 g/mol. The molecule has 0 unspecified atom stereocenters. The van der Waals surface area contributed by atoms with Gasteiger partial charge in [0.25, 0.3) is 0 Å². The molecule has 2 N–H and O–H groups in total. The van der Waals surface area contributed by atoms with Crippen LogP contribution in [0.15, 0.2) is 18.2 Å². The molecule has 0 bridgehead atoms. The molecule has 0 aliphatic carbocycles. The van der Waals surface area contributed by atoms with Crippen molar-refractivity contribution in [2.45, 2.75) is 19.9 Å². The largest absolute Gasteiger partial charge is 0.336 e. The summed E-state index contributed by atoms with van der Waals surface area (Å²) in [6.07, 6.45) is 0. The Morgan fingerprint density at radius 2 is 2.19 bits per heavy atom. The Kier molecular flexibility index (Phi) is 3.84. The van der Waals surface area contributed by atoms with Crippen molar-refractivity contribution in [3.63, 3.8) is 0 Å². The summed E-state index contributed by atoms with van der Waals surface area (Å²) in [7, 11) is 0. The van der Waals surface area contributed by atoms with Crippen molar-refractivity contribution in [1.82, 2.24) is 5.32 Å². The van der Waals surface area contributed by atoms with Gasteiger partial charge in [-0.15, -0.1) is 0 Å². The quantitative estimate of drug-likeness (QED) is 0.804. The van der Waals surface area contributed by atoms with E-state index in [1.54, 1.807) is 13.8 Å². The summed E-state index contributed by atoms with van der Waals surface area (Å²) in [6, 6.07) is 5.18. The van der Waals surface area contributed by atoms with Crippen LogP contribution in [0.3, 0.4) is 0 Å². The molecule has 0 saturated carbocycles. The predicted molar refractivity (Wildman–Crippen MR) is 58.4 cm³/mol. The van der Waals surface area contributed by atoms with Crippen LogP contribution in [0, 0.1) is 17.1 Å². The molecule has 0 atom stereocenters. The van der Waals surface area contributed by atoms with Crippen LogP contribution in [0.1, 0.15) is 19.4 Å². The Bertz CT molecular complexity index is 437. The van der Waals surface area contributed by atoms with Crippen LogP contribution >= 0.6 is 0 Å². The molecular formula is C11H12FN3O. The fourth-order valence-electron chi connectivity index (χ4n) is 1.11. The van der Waals surface area contributed by atoms with Gasteiger partial charge in [-0.1, -0.05) is 0 Å². The van der Waals surface area contributed by atoms with Gasteiger partial charge in [0, 0.05) is 6.04 Å². The molecule has 0 aliphatic heterocycles. The fourth-order valence-corrected chi connectivity index (χ4v) is 1.11. The molecule has 0 aliphatic rings. The molecule has 4 nitrogen and oxygen atoms in total. The second-order valence-electron chi connectivity index (χ2n) is 3.56. The highest BCUT2D eigenvalue weighted by atomic mass is 19.1. The predicted octanol–water partition coefficient (Wildman–Crippen LogP) is 2.23. The van der Waals surface area contributed by atoms with E-state index >= 15 is 0 Å². The number of amides is 2. The van der Waals surface area contributed by atoms with Gasteiger partial charge >= 0.3 is 6.03 Å². The number of hydrogen-bond acceptors (Lipinski definition) is 2. The first-order valence-electron chi connectivity index (χ1n) is 4.80. The maximum atomic E-state index is 13.3. The van der Waals surface area contributed by atoms with Gasteiger partial charge in [-0.2, -0.15) is 5.26 Å². The molecule has 0 aromatic heterocycles. The van der Waals surface area contributed by atoms with Gasteiger partial charge < -0.3 is 10.6 Å². The average Bonchev–Trinajstić information content (AvgIpc) is 2.19. The van der Waals surface area contributed by atoms with Gasteiger partial charge in [0.2, 0.25) is 0 Å². The van der Waals surface area contributed by atoms with Crippen molar-refractivity contribution in [3.8, 4) is 6.07 Å². The number of nitrogens with one attached hydrogen (secondary N) is 2. The Labute approximate surface area is 93.1 Å². The normalized spacial score (nSPS) is 9.69. The zero-order valence-electron chi connectivity index (χ0n) is 9.04. The van der Waals surface area contributed by atoms with Gasteiger partial charge in [0.15, 0.2) is 0 Å². The van der Waals surface area contributed by atoms with E-state index in [9.17, 15) is 9.18 Å². The smallest absolute Gasteiger partial charge is 0.319 e. The Morgan fingerprint density at radius 3 is 2.69 bits per heavy atom. The zero-order valence-corrected chi connectivity index (χ0v) is 9.04. The molecule has 0 fully saturated rings. The summed E-state index contributed by atoms with van der Waals surface area (Å²) >= 11 is 0. The highest BCUT2D eigenvalue weighted by molar-refractivity contribution is 5.89. The van der Waals surface area contributed by atoms with E-state index in [0.29, 0.717) is 0 Å². The lowest BCUT2D eigenvalue weighted by molar-refractivity contribution is 0.250. The minimum absolute atomic E-state index is 0.0264. The first-order valence-corrected chi connectivity index (χ1v) is 4.80. The van der Waals surface area contributed by atoms with Gasteiger partial charge in [0.05, 0.1) is 17.3 Å². The van der Waals surface area contributed by atoms with E-state index < -0.39 is 11.8 Å². The van der Waals surface area contributed by atoms with Gasteiger partial charge in [0.1, 0.15) is 5.82 Å². The second-order valence-corrected chi connectivity index (χ2v) is 3.56. The van der Waals surface area contributed by atoms with E-state index in [1.807, 2.05) is 6.07 Å². The van der Waals surface area contributed by atoms with E-state index in [-0.39, 0.29) is 17.3 Å². The third-order valence-corrected chi connectivity index (χ3v) is 1.77. The van der Waals surface area contributed by atoms with Gasteiger partial charge in [-0.25, -0.2) is 9.18 Å². The minimum Gasteiger partial charge on any atom is -0.336 e. The average molecular weight is 221 g/mol. The second kappa shape index (κ2) is 5.12. The molecule has 84 valence electrons. The molecule has 0 heterocycles. The molecule has 5 heteroatoms. The van der Waals surface area contributed by atoms with Crippen molar-refractivity contribution in [3.05, 3.63) is 29.6 Å². The fraction of sp³-hybridized carbons (Fsp3) is 0.273. The van der Waals surface area contributed by atoms with Crippen LogP contribution < -0.4 is 10.6 Å². The maximum Gasteiger partial charge on any atom is 0.319 e. The summed E-state index contributed by atoms with van der Waals surface area (Å²) in [6.45, 7) is 3.60. The van der Waals surface area contributed by atoms with E-state index in [2.05, 4.69) is 10.6 Å². The molecular weight excluding hydrogens is 209 g/mol. The number of benzene rings is 1. The van der Waals surface area contributed by atoms with Crippen LogP contribution in [0.5, 0.6) is 0 Å². The lowest BCUT2D eigenvalue weighted by atomic mass is 10.2. The number of rotatable bonds is 2. The molecule has 16 heavy (non-hydrogen) atoms. The van der Waals surface area contributed by atoms with Crippen LogP contribution in [-0.2, 0) is 0 Å². The lowest BCUT2D eigenvalue weighted by Gasteiger charge is -2.10. The number of urea groups is 1. The molecule has 1 aromatic carbocycles. The number of nitrogens with zero attached hydrogens (tertiary/aromatic N) is 1. The van der Waals surface area contributed by atoms with Crippen molar-refractivity contribution >= 4 is 11.7 Å². The van der Waals surface area contributed by atoms with Crippen LogP contribution in [0.2, 0.25) is 0 Å². The zero-order chi connectivity index (χ0) is 12.1. The number of nitriles is 1. The SMILES string of the molecule is CC(C)NC(=O)Nc1ccc(C#N)cc1F. The molecule has 1 rings (SSSR count). The number of anilines is 1. The summed E-state index contributed by atoms with van der Waals surface area (Å²) in [5.74, 6) is -0.627. The summed E-state index contributed by atoms with van der Waals surface area (Å²) < 4.78 is 13.3. The summed E-state index contributed by atoms with van der Waals surface area (Å²) in [4.78, 5) is 11.3. The van der Waals surface area contributed by atoms with Crippen molar-refractivity contribution < 1.29 is 9.18 Å². The Balaban J connectivity index is 2.75. The standard InChI is InChI=1S/C11H12FN3O/c1-7(2)14-11(16)15-10-4-3-8(6-13)5-9(10)12/h3-5,7H,1-2H3,(H2,14,15,16). The van der Waals surface area contributed by atoms with Crippen LogP contribution in [-0.4, -0.2) is 12.1 Å². The van der Waals surface area contributed by atoms with Crippen molar-refractivity contribution in [2.75, 3.05) is 5.32 Å².